The monoisotopic (exact) mass is 350 g/mol. The Kier molecular flexibility index (Phi) is 5.08. The number of hydrogen-bond acceptors (Lipinski definition) is 3. The van der Waals surface area contributed by atoms with Crippen LogP contribution in [0.1, 0.15) is 63.1 Å². The third kappa shape index (κ3) is 3.48. The molecule has 0 spiro atoms. The lowest BCUT2D eigenvalue weighted by molar-refractivity contribution is 0.376. The Bertz CT molecular complexity index is 823. The maximum Gasteiger partial charge on any atom is 0.141 e. The summed E-state index contributed by atoms with van der Waals surface area (Å²) in [6, 6.07) is 11.8. The maximum atomic E-state index is 9.92. The van der Waals surface area contributed by atoms with Crippen molar-refractivity contribution in [2.45, 2.75) is 58.9 Å². The number of para-hydroxylation sites is 2. The zero-order valence-corrected chi connectivity index (χ0v) is 16.6. The second-order valence-electron chi connectivity index (χ2n) is 8.08. The van der Waals surface area contributed by atoms with E-state index in [1.54, 1.807) is 6.07 Å². The minimum absolute atomic E-state index is 0.181. The summed E-state index contributed by atoms with van der Waals surface area (Å²) in [7, 11) is 0. The average Bonchev–Trinajstić information content (AvgIpc) is 2.58. The molecule has 1 atom stereocenters. The molecule has 1 aliphatic rings. The second kappa shape index (κ2) is 7.14. The Morgan fingerprint density at radius 2 is 2.00 bits per heavy atom. The minimum atomic E-state index is 0.181. The predicted octanol–water partition coefficient (Wildman–Crippen LogP) is 5.95. The van der Waals surface area contributed by atoms with Crippen LogP contribution in [0.4, 0.5) is 11.4 Å². The number of benzene rings is 2. The Balaban J connectivity index is 2.02. The van der Waals surface area contributed by atoms with Gasteiger partial charge in [0.15, 0.2) is 0 Å². The minimum Gasteiger partial charge on any atom is -0.506 e. The van der Waals surface area contributed by atoms with Crippen LogP contribution in [-0.2, 0) is 0 Å². The highest BCUT2D eigenvalue weighted by Crippen LogP contribution is 2.44. The zero-order chi connectivity index (χ0) is 18.9. The van der Waals surface area contributed by atoms with Crippen LogP contribution in [0.5, 0.6) is 5.75 Å². The van der Waals surface area contributed by atoms with Gasteiger partial charge in [0.05, 0.1) is 0 Å². The lowest BCUT2D eigenvalue weighted by atomic mass is 9.79. The van der Waals surface area contributed by atoms with Crippen molar-refractivity contribution in [2.75, 3.05) is 11.4 Å². The van der Waals surface area contributed by atoms with Crippen molar-refractivity contribution in [3.63, 3.8) is 0 Å². The van der Waals surface area contributed by atoms with Gasteiger partial charge in [-0.25, -0.2) is 0 Å². The first kappa shape index (κ1) is 18.5. The first-order valence-corrected chi connectivity index (χ1v) is 9.57. The van der Waals surface area contributed by atoms with E-state index < -0.39 is 0 Å². The maximum absolute atomic E-state index is 9.92. The van der Waals surface area contributed by atoms with Gasteiger partial charge in [0.2, 0.25) is 0 Å². The van der Waals surface area contributed by atoms with Crippen LogP contribution in [0.3, 0.4) is 0 Å². The van der Waals surface area contributed by atoms with Crippen molar-refractivity contribution in [1.82, 2.24) is 0 Å². The van der Waals surface area contributed by atoms with Gasteiger partial charge >= 0.3 is 0 Å². The van der Waals surface area contributed by atoms with Crippen molar-refractivity contribution >= 4 is 17.6 Å². The lowest BCUT2D eigenvalue weighted by Gasteiger charge is -2.48. The molecule has 1 heterocycles. The lowest BCUT2D eigenvalue weighted by Crippen LogP contribution is -2.48. The quantitative estimate of drug-likeness (QED) is 0.691. The van der Waals surface area contributed by atoms with E-state index in [4.69, 9.17) is 0 Å². The molecule has 3 heteroatoms. The molecule has 1 N–H and O–H groups in total. The Morgan fingerprint density at radius 1 is 1.27 bits per heavy atom. The van der Waals surface area contributed by atoms with Crippen LogP contribution in [0, 0.1) is 6.92 Å². The number of nitrogens with zero attached hydrogens (tertiary/aromatic N) is 2. The molecule has 2 aromatic carbocycles. The van der Waals surface area contributed by atoms with Crippen molar-refractivity contribution < 1.29 is 5.11 Å². The first-order chi connectivity index (χ1) is 12.3. The normalized spacial score (nSPS) is 19.0. The smallest absolute Gasteiger partial charge is 0.141 e. The van der Waals surface area contributed by atoms with E-state index in [1.807, 2.05) is 24.4 Å². The molecule has 0 radical (unpaired) electrons. The molecule has 0 bridgehead atoms. The molecule has 0 saturated carbocycles. The fourth-order valence-electron chi connectivity index (χ4n) is 4.15. The molecule has 0 aliphatic carbocycles. The number of aryl methyl sites for hydroxylation is 1. The van der Waals surface area contributed by atoms with Gasteiger partial charge in [-0.05, 0) is 80.5 Å². The number of aliphatic imine (C=N–C) groups is 1. The van der Waals surface area contributed by atoms with Crippen LogP contribution in [0.2, 0.25) is 0 Å². The van der Waals surface area contributed by atoms with Gasteiger partial charge in [0, 0.05) is 24.0 Å². The molecule has 3 nitrogen and oxygen atoms in total. The molecule has 3 rings (SSSR count). The molecule has 1 unspecified atom stereocenters. The van der Waals surface area contributed by atoms with E-state index >= 15 is 0 Å². The number of rotatable bonds is 4. The number of phenolic OH excluding ortho intramolecular Hbond substituents is 1. The number of phenols is 1. The molecule has 2 aromatic rings. The van der Waals surface area contributed by atoms with E-state index in [0.29, 0.717) is 11.6 Å². The van der Waals surface area contributed by atoms with Gasteiger partial charge in [-0.15, -0.1) is 0 Å². The number of fused-ring (bicyclic) bond motifs is 1. The van der Waals surface area contributed by atoms with Gasteiger partial charge in [-0.2, -0.15) is 0 Å². The van der Waals surface area contributed by atoms with Crippen molar-refractivity contribution in [3.8, 4) is 5.75 Å². The fraction of sp³-hybridized carbons (Fsp3) is 0.435. The van der Waals surface area contributed by atoms with E-state index in [0.717, 1.165) is 24.9 Å². The van der Waals surface area contributed by atoms with Gasteiger partial charge in [0.1, 0.15) is 11.4 Å². The molecule has 1 aliphatic heterocycles. The Labute approximate surface area is 157 Å². The molecular weight excluding hydrogens is 320 g/mol. The van der Waals surface area contributed by atoms with Gasteiger partial charge in [-0.1, -0.05) is 26.0 Å². The highest BCUT2D eigenvalue weighted by molar-refractivity contribution is 5.86. The molecule has 0 saturated heterocycles. The van der Waals surface area contributed by atoms with Crippen LogP contribution in [0.15, 0.2) is 41.4 Å². The summed E-state index contributed by atoms with van der Waals surface area (Å²) in [6.45, 7) is 12.5. The van der Waals surface area contributed by atoms with E-state index in [9.17, 15) is 5.11 Å². The summed E-state index contributed by atoms with van der Waals surface area (Å²) in [4.78, 5) is 7.07. The highest BCUT2D eigenvalue weighted by Gasteiger charge is 2.36. The van der Waals surface area contributed by atoms with E-state index in [2.05, 4.69) is 56.6 Å². The van der Waals surface area contributed by atoms with Crippen LogP contribution < -0.4 is 4.90 Å². The summed E-state index contributed by atoms with van der Waals surface area (Å²) in [6.07, 6.45) is 4.17. The molecule has 138 valence electrons. The largest absolute Gasteiger partial charge is 0.506 e. The van der Waals surface area contributed by atoms with Gasteiger partial charge in [-0.3, -0.25) is 4.99 Å². The van der Waals surface area contributed by atoms with E-state index in [-0.39, 0.29) is 11.3 Å². The Morgan fingerprint density at radius 3 is 2.69 bits per heavy atom. The SMILES string of the molecule is CCCN1c2cc(C)c(C=Nc3ccccc3O)cc2C(C)CC1(C)C. The molecule has 26 heavy (non-hydrogen) atoms. The predicted molar refractivity (Wildman–Crippen MR) is 111 cm³/mol. The summed E-state index contributed by atoms with van der Waals surface area (Å²) < 4.78 is 0. The topological polar surface area (TPSA) is 35.8 Å². The van der Waals surface area contributed by atoms with Gasteiger partial charge in [0.25, 0.3) is 0 Å². The van der Waals surface area contributed by atoms with Gasteiger partial charge < -0.3 is 10.0 Å². The Hall–Kier alpha value is -2.29. The number of aromatic hydroxyl groups is 1. The number of anilines is 1. The van der Waals surface area contributed by atoms with Crippen LogP contribution in [0.25, 0.3) is 0 Å². The average molecular weight is 351 g/mol. The fourth-order valence-corrected chi connectivity index (χ4v) is 4.15. The molecule has 0 fully saturated rings. The van der Waals surface area contributed by atoms with Crippen LogP contribution >= 0.6 is 0 Å². The van der Waals surface area contributed by atoms with Crippen LogP contribution in [-0.4, -0.2) is 23.4 Å². The van der Waals surface area contributed by atoms with Crippen molar-refractivity contribution in [2.24, 2.45) is 4.99 Å². The standard InChI is InChI=1S/C23H30N2O/c1-6-11-25-21-12-16(2)18(13-19(21)17(3)14-23(25,4)5)15-24-20-9-7-8-10-22(20)26/h7-10,12-13,15,17,26H,6,11,14H2,1-5H3. The van der Waals surface area contributed by atoms with Crippen molar-refractivity contribution in [1.29, 1.82) is 0 Å². The molecule has 0 aromatic heterocycles. The highest BCUT2D eigenvalue weighted by atomic mass is 16.3. The second-order valence-corrected chi connectivity index (χ2v) is 8.08. The molecular formula is C23H30N2O. The molecule has 0 amide bonds. The van der Waals surface area contributed by atoms with E-state index in [1.165, 1.54) is 16.8 Å². The zero-order valence-electron chi connectivity index (χ0n) is 16.6. The summed E-state index contributed by atoms with van der Waals surface area (Å²) >= 11 is 0. The third-order valence-corrected chi connectivity index (χ3v) is 5.45. The van der Waals surface area contributed by atoms with Crippen molar-refractivity contribution in [3.05, 3.63) is 53.1 Å². The summed E-state index contributed by atoms with van der Waals surface area (Å²) in [5.41, 5.74) is 5.89. The third-order valence-electron chi connectivity index (χ3n) is 5.45. The summed E-state index contributed by atoms with van der Waals surface area (Å²) in [5, 5.41) is 9.92. The summed E-state index contributed by atoms with van der Waals surface area (Å²) in [5.74, 6) is 0.731. The first-order valence-electron chi connectivity index (χ1n) is 9.57. The number of hydrogen-bond donors (Lipinski definition) is 1.